The molecule has 0 aromatic heterocycles. The van der Waals surface area contributed by atoms with Gasteiger partial charge < -0.3 is 15.0 Å². The maximum absolute atomic E-state index is 11.1. The van der Waals surface area contributed by atoms with Crippen LogP contribution < -0.4 is 5.32 Å². The number of carbonyl (C=O) groups excluding carboxylic acids is 1. The lowest BCUT2D eigenvalue weighted by Crippen LogP contribution is -2.36. The van der Waals surface area contributed by atoms with Gasteiger partial charge in [-0.25, -0.2) is 0 Å². The number of hydrogen-bond donors (Lipinski definition) is 1. The van der Waals surface area contributed by atoms with Gasteiger partial charge in [-0.05, 0) is 20.0 Å². The summed E-state index contributed by atoms with van der Waals surface area (Å²) >= 11 is 0. The molecular formula is C10H21N2O2. The van der Waals surface area contributed by atoms with E-state index in [1.54, 1.807) is 0 Å². The van der Waals surface area contributed by atoms with Crippen LogP contribution in [0.15, 0.2) is 0 Å². The molecule has 0 saturated heterocycles. The summed E-state index contributed by atoms with van der Waals surface area (Å²) < 4.78 is 4.87. The first-order chi connectivity index (χ1) is 6.74. The summed E-state index contributed by atoms with van der Waals surface area (Å²) in [5, 5.41) is 2.78. The average molecular weight is 201 g/mol. The summed E-state index contributed by atoms with van der Waals surface area (Å²) in [6.45, 7) is 11.8. The van der Waals surface area contributed by atoms with Gasteiger partial charge in [0.05, 0.1) is 0 Å². The Morgan fingerprint density at radius 2 is 2.07 bits per heavy atom. The van der Waals surface area contributed by atoms with Crippen molar-refractivity contribution in [3.05, 3.63) is 6.92 Å². The van der Waals surface area contributed by atoms with E-state index in [0.29, 0.717) is 13.2 Å². The zero-order chi connectivity index (χ0) is 10.8. The molecule has 1 radical (unpaired) electrons. The molecule has 0 heterocycles. The third-order valence-corrected chi connectivity index (χ3v) is 2.02. The number of nitrogens with one attached hydrogen (secondary N) is 1. The van der Waals surface area contributed by atoms with E-state index >= 15 is 0 Å². The molecule has 0 atom stereocenters. The lowest BCUT2D eigenvalue weighted by atomic mass is 10.4. The molecule has 14 heavy (non-hydrogen) atoms. The van der Waals surface area contributed by atoms with Gasteiger partial charge in [0.25, 0.3) is 0 Å². The quantitative estimate of drug-likeness (QED) is 0.614. The van der Waals surface area contributed by atoms with Gasteiger partial charge in [0.1, 0.15) is 6.61 Å². The van der Waals surface area contributed by atoms with Crippen LogP contribution in [0.4, 0.5) is 0 Å². The van der Waals surface area contributed by atoms with Gasteiger partial charge in [-0.15, -0.1) is 0 Å². The van der Waals surface area contributed by atoms with Gasteiger partial charge in [-0.2, -0.15) is 0 Å². The Morgan fingerprint density at radius 1 is 1.43 bits per heavy atom. The fourth-order valence-corrected chi connectivity index (χ4v) is 1.11. The Hall–Kier alpha value is -0.610. The summed E-state index contributed by atoms with van der Waals surface area (Å²) in [7, 11) is 0. The van der Waals surface area contributed by atoms with Crippen molar-refractivity contribution in [3.63, 3.8) is 0 Å². The van der Waals surface area contributed by atoms with Crippen molar-refractivity contribution < 1.29 is 9.53 Å². The van der Waals surface area contributed by atoms with Gasteiger partial charge in [-0.3, -0.25) is 4.79 Å². The Balaban J connectivity index is 3.38. The molecule has 0 aromatic rings. The molecule has 0 saturated carbocycles. The van der Waals surface area contributed by atoms with Gasteiger partial charge in [0, 0.05) is 19.7 Å². The van der Waals surface area contributed by atoms with Crippen LogP contribution in [0.1, 0.15) is 13.8 Å². The number of nitrogens with zero attached hydrogens (tertiary/aromatic N) is 1. The summed E-state index contributed by atoms with van der Waals surface area (Å²) in [6, 6.07) is 0. The zero-order valence-electron chi connectivity index (χ0n) is 9.21. The predicted molar refractivity (Wildman–Crippen MR) is 57.0 cm³/mol. The molecule has 0 bridgehead atoms. The summed E-state index contributed by atoms with van der Waals surface area (Å²) in [4.78, 5) is 13.3. The van der Waals surface area contributed by atoms with Gasteiger partial charge in [0.2, 0.25) is 5.91 Å². The van der Waals surface area contributed by atoms with E-state index in [9.17, 15) is 4.79 Å². The average Bonchev–Trinajstić information content (AvgIpc) is 2.21. The smallest absolute Gasteiger partial charge is 0.246 e. The van der Waals surface area contributed by atoms with E-state index in [1.165, 1.54) is 0 Å². The zero-order valence-corrected chi connectivity index (χ0v) is 9.21. The highest BCUT2D eigenvalue weighted by Gasteiger charge is 2.01. The molecule has 0 aliphatic carbocycles. The lowest BCUT2D eigenvalue weighted by Gasteiger charge is -2.17. The second-order valence-electron chi connectivity index (χ2n) is 2.93. The van der Waals surface area contributed by atoms with Gasteiger partial charge in [0.15, 0.2) is 0 Å². The molecule has 1 amide bonds. The normalized spacial score (nSPS) is 10.6. The maximum atomic E-state index is 11.1. The minimum atomic E-state index is -0.0687. The molecule has 4 heteroatoms. The van der Waals surface area contributed by atoms with E-state index in [-0.39, 0.29) is 12.5 Å². The topological polar surface area (TPSA) is 41.6 Å². The summed E-state index contributed by atoms with van der Waals surface area (Å²) in [5.74, 6) is -0.0687. The molecule has 0 aromatic carbocycles. The van der Waals surface area contributed by atoms with Crippen LogP contribution in [-0.2, 0) is 9.53 Å². The lowest BCUT2D eigenvalue weighted by molar-refractivity contribution is -0.125. The van der Waals surface area contributed by atoms with Crippen molar-refractivity contribution in [2.75, 3.05) is 39.4 Å². The van der Waals surface area contributed by atoms with Crippen LogP contribution in [-0.4, -0.2) is 50.2 Å². The molecule has 0 aliphatic heterocycles. The Morgan fingerprint density at radius 3 is 2.57 bits per heavy atom. The molecule has 1 N–H and O–H groups in total. The molecule has 83 valence electrons. The van der Waals surface area contributed by atoms with E-state index in [4.69, 9.17) is 4.74 Å². The first-order valence-corrected chi connectivity index (χ1v) is 5.10. The van der Waals surface area contributed by atoms with Crippen LogP contribution in [0.25, 0.3) is 0 Å². The van der Waals surface area contributed by atoms with Crippen molar-refractivity contribution in [1.29, 1.82) is 0 Å². The van der Waals surface area contributed by atoms with Crippen molar-refractivity contribution in [1.82, 2.24) is 10.2 Å². The van der Waals surface area contributed by atoms with Gasteiger partial charge in [-0.1, -0.05) is 13.8 Å². The van der Waals surface area contributed by atoms with Crippen molar-refractivity contribution >= 4 is 5.91 Å². The van der Waals surface area contributed by atoms with E-state index < -0.39 is 0 Å². The van der Waals surface area contributed by atoms with Crippen molar-refractivity contribution in [2.45, 2.75) is 13.8 Å². The standard InChI is InChI=1S/C10H21N2O2/c1-4-12(5-2)8-7-11-10(13)9-14-6-3/h3-9H2,1-2H3,(H,11,13). The highest BCUT2D eigenvalue weighted by molar-refractivity contribution is 5.77. The van der Waals surface area contributed by atoms with E-state index in [0.717, 1.165) is 19.6 Å². The van der Waals surface area contributed by atoms with Crippen LogP contribution in [0.3, 0.4) is 0 Å². The number of carbonyl (C=O) groups is 1. The van der Waals surface area contributed by atoms with Crippen LogP contribution in [0.2, 0.25) is 0 Å². The third-order valence-electron chi connectivity index (χ3n) is 2.02. The molecular weight excluding hydrogens is 180 g/mol. The largest absolute Gasteiger partial charge is 0.372 e. The summed E-state index contributed by atoms with van der Waals surface area (Å²) in [5.41, 5.74) is 0. The minimum Gasteiger partial charge on any atom is -0.372 e. The minimum absolute atomic E-state index is 0.0687. The SMILES string of the molecule is [CH2]COCC(=O)NCCN(CC)CC. The number of amides is 1. The number of hydrogen-bond acceptors (Lipinski definition) is 3. The maximum Gasteiger partial charge on any atom is 0.246 e. The van der Waals surface area contributed by atoms with E-state index in [2.05, 4.69) is 31.0 Å². The second-order valence-corrected chi connectivity index (χ2v) is 2.93. The fourth-order valence-electron chi connectivity index (χ4n) is 1.11. The molecule has 0 unspecified atom stereocenters. The first-order valence-electron chi connectivity index (χ1n) is 5.10. The molecule has 0 fully saturated rings. The Bertz CT molecular complexity index is 147. The number of rotatable bonds is 8. The molecule has 0 aliphatic rings. The highest BCUT2D eigenvalue weighted by Crippen LogP contribution is 1.84. The Kier molecular flexibility index (Phi) is 8.57. The predicted octanol–water partition coefficient (Wildman–Crippen LogP) is 0.295. The van der Waals surface area contributed by atoms with Gasteiger partial charge >= 0.3 is 0 Å². The molecule has 0 rings (SSSR count). The fraction of sp³-hybridized carbons (Fsp3) is 0.800. The van der Waals surface area contributed by atoms with Crippen molar-refractivity contribution in [2.24, 2.45) is 0 Å². The number of ether oxygens (including phenoxy) is 1. The highest BCUT2D eigenvalue weighted by atomic mass is 16.5. The van der Waals surface area contributed by atoms with Crippen LogP contribution in [0, 0.1) is 6.92 Å². The Labute approximate surface area is 86.6 Å². The first kappa shape index (κ1) is 13.4. The second kappa shape index (κ2) is 8.97. The number of likely N-dealkylation sites (N-methyl/N-ethyl adjacent to an activating group) is 1. The van der Waals surface area contributed by atoms with Crippen LogP contribution >= 0.6 is 0 Å². The van der Waals surface area contributed by atoms with E-state index in [1.807, 2.05) is 0 Å². The molecule has 0 spiro atoms. The molecule has 4 nitrogen and oxygen atoms in total. The van der Waals surface area contributed by atoms with Crippen LogP contribution in [0.5, 0.6) is 0 Å². The monoisotopic (exact) mass is 201 g/mol. The third kappa shape index (κ3) is 6.86. The van der Waals surface area contributed by atoms with Crippen molar-refractivity contribution in [3.8, 4) is 0 Å². The summed E-state index contributed by atoms with van der Waals surface area (Å²) in [6.07, 6.45) is 0.